The first-order chi connectivity index (χ1) is 12.1. The first-order valence-electron chi connectivity index (χ1n) is 7.19. The van der Waals surface area contributed by atoms with Crippen molar-refractivity contribution in [1.82, 2.24) is 20.2 Å². The number of nitrogens with one attached hydrogen (secondary N) is 1. The van der Waals surface area contributed by atoms with Crippen molar-refractivity contribution >= 4 is 29.2 Å². The van der Waals surface area contributed by atoms with E-state index in [4.69, 9.17) is 16.3 Å². The fourth-order valence-corrected chi connectivity index (χ4v) is 2.26. The Labute approximate surface area is 147 Å². The minimum Gasteiger partial charge on any atom is -0.452 e. The van der Waals surface area contributed by atoms with Crippen LogP contribution in [-0.4, -0.2) is 38.7 Å². The smallest absolute Gasteiger partial charge is 0.340 e. The van der Waals surface area contributed by atoms with Crippen molar-refractivity contribution in [1.29, 1.82) is 0 Å². The van der Waals surface area contributed by atoms with Gasteiger partial charge in [-0.05, 0) is 34.7 Å². The average molecular weight is 358 g/mol. The second-order valence-electron chi connectivity index (χ2n) is 4.88. The highest BCUT2D eigenvalue weighted by molar-refractivity contribution is 6.33. The van der Waals surface area contributed by atoms with Crippen LogP contribution in [-0.2, 0) is 9.53 Å². The van der Waals surface area contributed by atoms with E-state index < -0.39 is 18.5 Å². The molecule has 0 saturated heterocycles. The summed E-state index contributed by atoms with van der Waals surface area (Å²) in [5.41, 5.74) is 1.13. The summed E-state index contributed by atoms with van der Waals surface area (Å²) in [5, 5.41) is 13.8. The zero-order valence-electron chi connectivity index (χ0n) is 12.8. The number of hydrogen-bond acceptors (Lipinski definition) is 6. The zero-order valence-corrected chi connectivity index (χ0v) is 13.6. The molecule has 25 heavy (non-hydrogen) atoms. The lowest BCUT2D eigenvalue weighted by Gasteiger charge is -2.10. The fraction of sp³-hybridized carbons (Fsp3) is 0.0625. The molecule has 2 aromatic carbocycles. The van der Waals surface area contributed by atoms with Crippen LogP contribution in [0.2, 0.25) is 5.02 Å². The Hall–Kier alpha value is -3.26. The standard InChI is InChI=1S/C16H12ClN5O3/c17-12-6-2-3-7-13(12)19-15(23)9-25-16(24)11-5-1-4-8-14(11)22-10-18-20-21-22/h1-8,10H,9H2,(H,19,23). The molecule has 0 fully saturated rings. The number of anilines is 1. The number of amides is 1. The lowest BCUT2D eigenvalue weighted by molar-refractivity contribution is -0.119. The Balaban J connectivity index is 1.66. The van der Waals surface area contributed by atoms with Gasteiger partial charge in [0.25, 0.3) is 5.91 Å². The summed E-state index contributed by atoms with van der Waals surface area (Å²) in [6.45, 7) is -0.450. The highest BCUT2D eigenvalue weighted by atomic mass is 35.5. The van der Waals surface area contributed by atoms with Crippen molar-refractivity contribution in [2.75, 3.05) is 11.9 Å². The second-order valence-corrected chi connectivity index (χ2v) is 5.28. The first kappa shape index (κ1) is 16.6. The molecule has 9 heteroatoms. The van der Waals surface area contributed by atoms with Crippen molar-refractivity contribution in [3.63, 3.8) is 0 Å². The molecule has 0 aliphatic carbocycles. The second kappa shape index (κ2) is 7.54. The maximum absolute atomic E-state index is 12.3. The number of halogens is 1. The zero-order chi connectivity index (χ0) is 17.6. The van der Waals surface area contributed by atoms with E-state index in [0.29, 0.717) is 16.4 Å². The predicted octanol–water partition coefficient (Wildman–Crippen LogP) is 2.11. The Morgan fingerprint density at radius 2 is 1.88 bits per heavy atom. The molecule has 0 atom stereocenters. The van der Waals surface area contributed by atoms with E-state index in [9.17, 15) is 9.59 Å². The number of carbonyl (C=O) groups is 2. The summed E-state index contributed by atoms with van der Waals surface area (Å²) < 4.78 is 6.40. The number of ether oxygens (including phenoxy) is 1. The maximum Gasteiger partial charge on any atom is 0.340 e. The number of para-hydroxylation sites is 2. The Kier molecular flexibility index (Phi) is 5.00. The third kappa shape index (κ3) is 3.99. The first-order valence-corrected chi connectivity index (χ1v) is 7.57. The molecular weight excluding hydrogens is 346 g/mol. The third-order valence-corrected chi connectivity index (χ3v) is 3.53. The van der Waals surface area contributed by atoms with Gasteiger partial charge in [-0.15, -0.1) is 5.10 Å². The minimum absolute atomic E-state index is 0.236. The van der Waals surface area contributed by atoms with Gasteiger partial charge in [-0.2, -0.15) is 4.68 Å². The molecule has 0 spiro atoms. The molecule has 1 aromatic heterocycles. The van der Waals surface area contributed by atoms with Gasteiger partial charge in [-0.25, -0.2) is 4.79 Å². The fourth-order valence-electron chi connectivity index (χ4n) is 2.08. The van der Waals surface area contributed by atoms with Gasteiger partial charge in [-0.3, -0.25) is 4.79 Å². The summed E-state index contributed by atoms with van der Waals surface area (Å²) >= 11 is 5.96. The number of benzene rings is 2. The van der Waals surface area contributed by atoms with Crippen molar-refractivity contribution < 1.29 is 14.3 Å². The monoisotopic (exact) mass is 357 g/mol. The highest BCUT2D eigenvalue weighted by Gasteiger charge is 2.16. The van der Waals surface area contributed by atoms with E-state index in [1.807, 2.05) is 0 Å². The van der Waals surface area contributed by atoms with Crippen LogP contribution in [0.4, 0.5) is 5.69 Å². The van der Waals surface area contributed by atoms with Crippen LogP contribution in [0.1, 0.15) is 10.4 Å². The van der Waals surface area contributed by atoms with Gasteiger partial charge in [0, 0.05) is 0 Å². The number of aromatic nitrogens is 4. The molecular formula is C16H12ClN5O3. The average Bonchev–Trinajstić information content (AvgIpc) is 3.16. The van der Waals surface area contributed by atoms with Gasteiger partial charge in [0.15, 0.2) is 6.61 Å². The summed E-state index contributed by atoms with van der Waals surface area (Å²) in [7, 11) is 0. The molecule has 1 N–H and O–H groups in total. The number of tetrazole rings is 1. The topological polar surface area (TPSA) is 99.0 Å². The predicted molar refractivity (Wildman–Crippen MR) is 89.5 cm³/mol. The Morgan fingerprint density at radius 1 is 1.12 bits per heavy atom. The van der Waals surface area contributed by atoms with Crippen LogP contribution in [0.3, 0.4) is 0 Å². The molecule has 0 aliphatic heterocycles. The molecule has 126 valence electrons. The van der Waals surface area contributed by atoms with Gasteiger partial charge < -0.3 is 10.1 Å². The van der Waals surface area contributed by atoms with Crippen LogP contribution in [0.25, 0.3) is 5.69 Å². The van der Waals surface area contributed by atoms with Crippen LogP contribution < -0.4 is 5.32 Å². The molecule has 8 nitrogen and oxygen atoms in total. The van der Waals surface area contributed by atoms with Gasteiger partial charge in [-0.1, -0.05) is 35.9 Å². The van der Waals surface area contributed by atoms with Crippen molar-refractivity contribution in [3.05, 3.63) is 65.4 Å². The Bertz CT molecular complexity index is 898. The third-order valence-electron chi connectivity index (χ3n) is 3.20. The largest absolute Gasteiger partial charge is 0.452 e. The summed E-state index contributed by atoms with van der Waals surface area (Å²) in [6, 6.07) is 13.4. The number of rotatable bonds is 5. The number of esters is 1. The summed E-state index contributed by atoms with van der Waals surface area (Å²) in [5.74, 6) is -1.17. The maximum atomic E-state index is 12.3. The van der Waals surface area contributed by atoms with Crippen LogP contribution in [0.5, 0.6) is 0 Å². The SMILES string of the molecule is O=C(COC(=O)c1ccccc1-n1cnnn1)Nc1ccccc1Cl. The molecule has 1 heterocycles. The molecule has 0 saturated carbocycles. The van der Waals surface area contributed by atoms with E-state index in [2.05, 4.69) is 20.8 Å². The van der Waals surface area contributed by atoms with E-state index in [1.165, 1.54) is 11.0 Å². The van der Waals surface area contributed by atoms with Gasteiger partial charge >= 0.3 is 5.97 Å². The van der Waals surface area contributed by atoms with E-state index in [0.717, 1.165) is 0 Å². The Morgan fingerprint density at radius 3 is 2.64 bits per heavy atom. The van der Waals surface area contributed by atoms with Gasteiger partial charge in [0.05, 0.1) is 22.0 Å². The molecule has 0 unspecified atom stereocenters. The lowest BCUT2D eigenvalue weighted by Crippen LogP contribution is -2.21. The van der Waals surface area contributed by atoms with E-state index >= 15 is 0 Å². The minimum atomic E-state index is -0.666. The van der Waals surface area contributed by atoms with Crippen LogP contribution >= 0.6 is 11.6 Å². The molecule has 0 aliphatic rings. The number of nitrogens with zero attached hydrogens (tertiary/aromatic N) is 4. The van der Waals surface area contributed by atoms with Crippen molar-refractivity contribution in [3.8, 4) is 5.69 Å². The van der Waals surface area contributed by atoms with E-state index in [-0.39, 0.29) is 5.56 Å². The molecule has 3 rings (SSSR count). The van der Waals surface area contributed by atoms with Crippen LogP contribution in [0, 0.1) is 0 Å². The summed E-state index contributed by atoms with van der Waals surface area (Å²) in [6.07, 6.45) is 1.36. The van der Waals surface area contributed by atoms with Crippen molar-refractivity contribution in [2.45, 2.75) is 0 Å². The lowest BCUT2D eigenvalue weighted by atomic mass is 10.2. The van der Waals surface area contributed by atoms with Crippen molar-refractivity contribution in [2.24, 2.45) is 0 Å². The molecule has 3 aromatic rings. The number of hydrogen-bond donors (Lipinski definition) is 1. The summed E-state index contributed by atoms with van der Waals surface area (Å²) in [4.78, 5) is 24.2. The molecule has 0 bridgehead atoms. The van der Waals surface area contributed by atoms with E-state index in [1.54, 1.807) is 48.5 Å². The van der Waals surface area contributed by atoms with Gasteiger partial charge in [0.1, 0.15) is 6.33 Å². The normalized spacial score (nSPS) is 10.3. The highest BCUT2D eigenvalue weighted by Crippen LogP contribution is 2.20. The van der Waals surface area contributed by atoms with Gasteiger partial charge in [0.2, 0.25) is 0 Å². The van der Waals surface area contributed by atoms with Crippen LogP contribution in [0.15, 0.2) is 54.9 Å². The number of carbonyl (C=O) groups excluding carboxylic acids is 2. The quantitative estimate of drug-likeness (QED) is 0.702. The molecule has 1 amide bonds. The molecule has 0 radical (unpaired) electrons.